The van der Waals surface area contributed by atoms with Crippen LogP contribution in [0.1, 0.15) is 16.7 Å². The number of carbonyl (C=O) groups is 1. The second-order valence-corrected chi connectivity index (χ2v) is 6.91. The third kappa shape index (κ3) is 5.13. The summed E-state index contributed by atoms with van der Waals surface area (Å²) in [4.78, 5) is 14.9. The Bertz CT molecular complexity index is 921. The molecule has 0 fully saturated rings. The first kappa shape index (κ1) is 19.5. The van der Waals surface area contributed by atoms with Gasteiger partial charge in [-0.3, -0.25) is 4.79 Å². The number of rotatable bonds is 7. The Morgan fingerprint density at radius 3 is 2.36 bits per heavy atom. The molecule has 3 aromatic rings. The quantitative estimate of drug-likeness (QED) is 0.636. The van der Waals surface area contributed by atoms with E-state index in [-0.39, 0.29) is 12.5 Å². The summed E-state index contributed by atoms with van der Waals surface area (Å²) in [6, 6.07) is 24.0. The van der Waals surface area contributed by atoms with Crippen molar-refractivity contribution in [1.82, 2.24) is 0 Å². The van der Waals surface area contributed by atoms with Crippen molar-refractivity contribution in [3.63, 3.8) is 0 Å². The molecule has 0 aliphatic rings. The second-order valence-electron chi connectivity index (χ2n) is 6.91. The lowest BCUT2D eigenvalue weighted by Crippen LogP contribution is -2.33. The summed E-state index contributed by atoms with van der Waals surface area (Å²) in [6.45, 7) is 4.93. The van der Waals surface area contributed by atoms with Gasteiger partial charge < -0.3 is 15.0 Å². The standard InChI is InChI=1S/C24H26N2O2/c1-18-9-10-19(2)23(15-18)25-24(27)17-26(16-20-7-5-4-6-8-20)21-11-13-22(28-3)14-12-21/h4-15H,16-17H2,1-3H3,(H,25,27). The smallest absolute Gasteiger partial charge is 0.243 e. The van der Waals surface area contributed by atoms with Crippen molar-refractivity contribution in [2.45, 2.75) is 20.4 Å². The molecule has 0 unspecified atom stereocenters. The largest absolute Gasteiger partial charge is 0.497 e. The van der Waals surface area contributed by atoms with Crippen LogP contribution < -0.4 is 15.0 Å². The van der Waals surface area contributed by atoms with E-state index in [1.807, 2.05) is 74.5 Å². The molecule has 3 rings (SSSR count). The summed E-state index contributed by atoms with van der Waals surface area (Å²) in [6.07, 6.45) is 0. The van der Waals surface area contributed by atoms with Gasteiger partial charge in [0.05, 0.1) is 13.7 Å². The van der Waals surface area contributed by atoms with Crippen LogP contribution in [-0.2, 0) is 11.3 Å². The molecule has 1 amide bonds. The minimum atomic E-state index is -0.0413. The topological polar surface area (TPSA) is 41.6 Å². The average molecular weight is 374 g/mol. The van der Waals surface area contributed by atoms with Gasteiger partial charge in [-0.05, 0) is 60.9 Å². The Balaban J connectivity index is 1.79. The van der Waals surface area contributed by atoms with E-state index in [1.54, 1.807) is 7.11 Å². The summed E-state index contributed by atoms with van der Waals surface area (Å²) in [5.41, 5.74) is 5.16. The van der Waals surface area contributed by atoms with E-state index in [2.05, 4.69) is 22.3 Å². The first-order chi connectivity index (χ1) is 13.5. The SMILES string of the molecule is COc1ccc(N(CC(=O)Nc2cc(C)ccc2C)Cc2ccccc2)cc1. The highest BCUT2D eigenvalue weighted by molar-refractivity contribution is 5.94. The predicted octanol–water partition coefficient (Wildman–Crippen LogP) is 4.96. The van der Waals surface area contributed by atoms with Crippen LogP contribution in [0.3, 0.4) is 0 Å². The number of benzene rings is 3. The van der Waals surface area contributed by atoms with Gasteiger partial charge in [0.15, 0.2) is 0 Å². The number of methoxy groups -OCH3 is 1. The van der Waals surface area contributed by atoms with Gasteiger partial charge in [-0.1, -0.05) is 42.5 Å². The number of anilines is 2. The maximum atomic E-state index is 12.8. The van der Waals surface area contributed by atoms with Gasteiger partial charge >= 0.3 is 0 Å². The van der Waals surface area contributed by atoms with Crippen molar-refractivity contribution in [2.24, 2.45) is 0 Å². The molecular formula is C24H26N2O2. The molecule has 0 bridgehead atoms. The van der Waals surface area contributed by atoms with Crippen molar-refractivity contribution >= 4 is 17.3 Å². The van der Waals surface area contributed by atoms with Crippen LogP contribution in [0.25, 0.3) is 0 Å². The summed E-state index contributed by atoms with van der Waals surface area (Å²) < 4.78 is 5.25. The van der Waals surface area contributed by atoms with Gasteiger partial charge in [0.2, 0.25) is 5.91 Å². The lowest BCUT2D eigenvalue weighted by molar-refractivity contribution is -0.115. The number of hydrogen-bond acceptors (Lipinski definition) is 3. The summed E-state index contributed by atoms with van der Waals surface area (Å²) in [7, 11) is 1.65. The Morgan fingerprint density at radius 1 is 0.964 bits per heavy atom. The zero-order valence-electron chi connectivity index (χ0n) is 16.6. The Morgan fingerprint density at radius 2 is 1.68 bits per heavy atom. The molecule has 0 spiro atoms. The Hall–Kier alpha value is -3.27. The minimum Gasteiger partial charge on any atom is -0.497 e. The number of nitrogens with zero attached hydrogens (tertiary/aromatic N) is 1. The van der Waals surface area contributed by atoms with E-state index in [0.29, 0.717) is 6.54 Å². The lowest BCUT2D eigenvalue weighted by Gasteiger charge is -2.25. The zero-order valence-corrected chi connectivity index (χ0v) is 16.6. The van der Waals surface area contributed by atoms with Crippen molar-refractivity contribution in [3.8, 4) is 5.75 Å². The summed E-state index contributed by atoms with van der Waals surface area (Å²) in [5.74, 6) is 0.753. The van der Waals surface area contributed by atoms with Gasteiger partial charge in [-0.15, -0.1) is 0 Å². The van der Waals surface area contributed by atoms with E-state index in [0.717, 1.165) is 33.8 Å². The monoisotopic (exact) mass is 374 g/mol. The minimum absolute atomic E-state index is 0.0413. The molecule has 0 aliphatic heterocycles. The maximum absolute atomic E-state index is 12.8. The Labute approximate surface area is 166 Å². The predicted molar refractivity (Wildman–Crippen MR) is 115 cm³/mol. The van der Waals surface area contributed by atoms with Gasteiger partial charge in [0.25, 0.3) is 0 Å². The molecule has 0 saturated carbocycles. The van der Waals surface area contributed by atoms with Crippen molar-refractivity contribution in [3.05, 3.63) is 89.5 Å². The van der Waals surface area contributed by atoms with Gasteiger partial charge in [-0.25, -0.2) is 0 Å². The molecule has 144 valence electrons. The highest BCUT2D eigenvalue weighted by atomic mass is 16.5. The van der Waals surface area contributed by atoms with E-state index >= 15 is 0 Å². The molecule has 4 nitrogen and oxygen atoms in total. The molecule has 0 atom stereocenters. The summed E-state index contributed by atoms with van der Waals surface area (Å²) >= 11 is 0. The highest BCUT2D eigenvalue weighted by Gasteiger charge is 2.14. The number of ether oxygens (including phenoxy) is 1. The van der Waals surface area contributed by atoms with Crippen LogP contribution in [0, 0.1) is 13.8 Å². The van der Waals surface area contributed by atoms with Gasteiger partial charge in [0, 0.05) is 17.9 Å². The number of nitrogens with one attached hydrogen (secondary N) is 1. The second kappa shape index (κ2) is 9.09. The van der Waals surface area contributed by atoms with Crippen LogP contribution in [0.15, 0.2) is 72.8 Å². The molecule has 0 aliphatic carbocycles. The zero-order chi connectivity index (χ0) is 19.9. The molecule has 28 heavy (non-hydrogen) atoms. The van der Waals surface area contributed by atoms with Crippen LogP contribution in [0.4, 0.5) is 11.4 Å². The fourth-order valence-electron chi connectivity index (χ4n) is 3.07. The van der Waals surface area contributed by atoms with E-state index < -0.39 is 0 Å². The fourth-order valence-corrected chi connectivity index (χ4v) is 3.07. The lowest BCUT2D eigenvalue weighted by atomic mass is 10.1. The fraction of sp³-hybridized carbons (Fsp3) is 0.208. The number of carbonyl (C=O) groups excluding carboxylic acids is 1. The van der Waals surface area contributed by atoms with E-state index in [1.165, 1.54) is 0 Å². The molecule has 1 N–H and O–H groups in total. The van der Waals surface area contributed by atoms with Crippen LogP contribution >= 0.6 is 0 Å². The third-order valence-electron chi connectivity index (χ3n) is 4.66. The van der Waals surface area contributed by atoms with Gasteiger partial charge in [0.1, 0.15) is 5.75 Å². The average Bonchev–Trinajstić information content (AvgIpc) is 2.71. The first-order valence-corrected chi connectivity index (χ1v) is 9.35. The van der Waals surface area contributed by atoms with E-state index in [4.69, 9.17) is 4.74 Å². The molecule has 4 heteroatoms. The summed E-state index contributed by atoms with van der Waals surface area (Å²) in [5, 5.41) is 3.05. The normalized spacial score (nSPS) is 10.4. The van der Waals surface area contributed by atoms with E-state index in [9.17, 15) is 4.79 Å². The van der Waals surface area contributed by atoms with Crippen molar-refractivity contribution in [2.75, 3.05) is 23.9 Å². The number of hydrogen-bond donors (Lipinski definition) is 1. The number of aryl methyl sites for hydroxylation is 2. The molecule has 0 heterocycles. The molecule has 0 aromatic heterocycles. The Kier molecular flexibility index (Phi) is 6.33. The van der Waals surface area contributed by atoms with Crippen molar-refractivity contribution < 1.29 is 9.53 Å². The molecule has 3 aromatic carbocycles. The van der Waals surface area contributed by atoms with Gasteiger partial charge in [-0.2, -0.15) is 0 Å². The van der Waals surface area contributed by atoms with Crippen LogP contribution in [0.2, 0.25) is 0 Å². The molecule has 0 saturated heterocycles. The molecule has 0 radical (unpaired) electrons. The van der Waals surface area contributed by atoms with Crippen LogP contribution in [0.5, 0.6) is 5.75 Å². The third-order valence-corrected chi connectivity index (χ3v) is 4.66. The number of amides is 1. The van der Waals surface area contributed by atoms with Crippen LogP contribution in [-0.4, -0.2) is 19.6 Å². The highest BCUT2D eigenvalue weighted by Crippen LogP contribution is 2.22. The molecular weight excluding hydrogens is 348 g/mol. The first-order valence-electron chi connectivity index (χ1n) is 9.35. The maximum Gasteiger partial charge on any atom is 0.243 e. The van der Waals surface area contributed by atoms with Crippen molar-refractivity contribution in [1.29, 1.82) is 0 Å².